The van der Waals surface area contributed by atoms with E-state index < -0.39 is 0 Å². The number of rotatable bonds is 4. The van der Waals surface area contributed by atoms with Crippen LogP contribution in [0.25, 0.3) is 0 Å². The highest BCUT2D eigenvalue weighted by Gasteiger charge is 2.25. The first-order valence-electron chi connectivity index (χ1n) is 8.26. The summed E-state index contributed by atoms with van der Waals surface area (Å²) < 4.78 is 0. The quantitative estimate of drug-likeness (QED) is 0.889. The maximum atomic E-state index is 12.4. The zero-order valence-electron chi connectivity index (χ0n) is 14.2. The number of fused-ring (bicyclic) bond motifs is 1. The minimum atomic E-state index is -0.341. The number of aryl methyl sites for hydroxylation is 4. The molecule has 0 bridgehead atoms. The molecule has 7 heteroatoms. The van der Waals surface area contributed by atoms with Crippen LogP contribution < -0.4 is 11.0 Å². The number of hydrogen-bond donors (Lipinski definition) is 2. The normalized spacial score (nSPS) is 16.7. The van der Waals surface area contributed by atoms with Crippen molar-refractivity contribution in [3.63, 3.8) is 0 Å². The highest BCUT2D eigenvalue weighted by atomic mass is 32.1. The first kappa shape index (κ1) is 16.8. The number of carbonyl (C=O) groups excluding carboxylic acids is 1. The standard InChI is InChI=1S/C17H22N4O2S/c1-9-12(10(2)19-17(23)18-9)7-8-15(22)21-13-5-4-6-14-16(13)20-11(3)24-14/h13H,4-8H2,1-3H3,(H,21,22)(H,18,19,23)/t13-/m1/s1. The molecule has 24 heavy (non-hydrogen) atoms. The fraction of sp³-hybridized carbons (Fsp3) is 0.529. The summed E-state index contributed by atoms with van der Waals surface area (Å²) in [4.78, 5) is 36.2. The number of aromatic amines is 1. The van der Waals surface area contributed by atoms with E-state index in [0.717, 1.165) is 41.2 Å². The fourth-order valence-electron chi connectivity index (χ4n) is 3.31. The SMILES string of the molecule is Cc1nc2c(s1)CCC[C@H]2NC(=O)CCc1c(C)nc(=O)[nH]c1C. The number of thiazole rings is 1. The van der Waals surface area contributed by atoms with Crippen LogP contribution in [-0.4, -0.2) is 20.9 Å². The number of carbonyl (C=O) groups is 1. The molecule has 1 amide bonds. The van der Waals surface area contributed by atoms with Crippen LogP contribution >= 0.6 is 11.3 Å². The Labute approximate surface area is 144 Å². The van der Waals surface area contributed by atoms with Crippen molar-refractivity contribution >= 4 is 17.2 Å². The fourth-order valence-corrected chi connectivity index (χ4v) is 4.35. The molecule has 0 aromatic carbocycles. The molecule has 128 valence electrons. The molecular weight excluding hydrogens is 324 g/mol. The van der Waals surface area contributed by atoms with Gasteiger partial charge in [0.15, 0.2) is 0 Å². The molecule has 6 nitrogen and oxygen atoms in total. The number of nitrogens with one attached hydrogen (secondary N) is 2. The third-order valence-corrected chi connectivity index (χ3v) is 5.50. The van der Waals surface area contributed by atoms with Crippen molar-refractivity contribution in [2.45, 2.75) is 58.9 Å². The molecule has 1 atom stereocenters. The van der Waals surface area contributed by atoms with Gasteiger partial charge in [0.25, 0.3) is 0 Å². The lowest BCUT2D eigenvalue weighted by atomic mass is 9.97. The summed E-state index contributed by atoms with van der Waals surface area (Å²) in [6, 6.07) is 0.0297. The van der Waals surface area contributed by atoms with E-state index in [-0.39, 0.29) is 17.6 Å². The van der Waals surface area contributed by atoms with Crippen LogP contribution in [-0.2, 0) is 17.6 Å². The Hall–Kier alpha value is -2.02. The molecule has 0 saturated heterocycles. The van der Waals surface area contributed by atoms with Gasteiger partial charge < -0.3 is 10.3 Å². The lowest BCUT2D eigenvalue weighted by Crippen LogP contribution is -2.31. The van der Waals surface area contributed by atoms with Crippen molar-refractivity contribution in [3.05, 3.63) is 43.0 Å². The molecule has 0 saturated carbocycles. The highest BCUT2D eigenvalue weighted by Crippen LogP contribution is 2.33. The summed E-state index contributed by atoms with van der Waals surface area (Å²) in [6.45, 7) is 5.66. The molecule has 0 unspecified atom stereocenters. The van der Waals surface area contributed by atoms with Crippen molar-refractivity contribution in [3.8, 4) is 0 Å². The smallest absolute Gasteiger partial charge is 0.345 e. The van der Waals surface area contributed by atoms with Crippen molar-refractivity contribution in [1.29, 1.82) is 0 Å². The van der Waals surface area contributed by atoms with Gasteiger partial charge in [-0.05, 0) is 52.0 Å². The number of hydrogen-bond acceptors (Lipinski definition) is 5. The minimum absolute atomic E-state index is 0.0171. The number of H-pyrrole nitrogens is 1. The molecule has 2 aromatic heterocycles. The molecular formula is C17H22N4O2S. The van der Waals surface area contributed by atoms with E-state index in [9.17, 15) is 9.59 Å². The first-order chi connectivity index (χ1) is 11.4. The molecule has 1 aliphatic rings. The van der Waals surface area contributed by atoms with Gasteiger partial charge in [-0.1, -0.05) is 0 Å². The Bertz CT molecular complexity index is 798. The monoisotopic (exact) mass is 346 g/mol. The highest BCUT2D eigenvalue weighted by molar-refractivity contribution is 7.11. The lowest BCUT2D eigenvalue weighted by Gasteiger charge is -2.22. The van der Waals surface area contributed by atoms with E-state index in [2.05, 4.69) is 20.3 Å². The van der Waals surface area contributed by atoms with E-state index in [0.29, 0.717) is 18.5 Å². The maximum absolute atomic E-state index is 12.4. The number of amides is 1. The van der Waals surface area contributed by atoms with Gasteiger partial charge in [0.05, 0.1) is 16.7 Å². The van der Waals surface area contributed by atoms with Gasteiger partial charge in [-0.3, -0.25) is 4.79 Å². The van der Waals surface area contributed by atoms with E-state index >= 15 is 0 Å². The maximum Gasteiger partial charge on any atom is 0.345 e. The van der Waals surface area contributed by atoms with E-state index in [1.54, 1.807) is 18.3 Å². The summed E-state index contributed by atoms with van der Waals surface area (Å²) in [6.07, 6.45) is 4.05. The largest absolute Gasteiger partial charge is 0.348 e. The van der Waals surface area contributed by atoms with Crippen LogP contribution in [0.2, 0.25) is 0 Å². The number of nitrogens with zero attached hydrogens (tertiary/aromatic N) is 2. The van der Waals surface area contributed by atoms with Gasteiger partial charge in [-0.15, -0.1) is 11.3 Å². The Kier molecular flexibility index (Phi) is 4.80. The molecule has 2 heterocycles. The average molecular weight is 346 g/mol. The van der Waals surface area contributed by atoms with Gasteiger partial charge in [-0.25, -0.2) is 9.78 Å². The Morgan fingerprint density at radius 2 is 2.12 bits per heavy atom. The van der Waals surface area contributed by atoms with Crippen molar-refractivity contribution < 1.29 is 4.79 Å². The molecule has 1 aliphatic carbocycles. The van der Waals surface area contributed by atoms with Gasteiger partial charge in [0.1, 0.15) is 0 Å². The predicted octanol–water partition coefficient (Wildman–Crippen LogP) is 2.28. The zero-order valence-corrected chi connectivity index (χ0v) is 15.0. The summed E-state index contributed by atoms with van der Waals surface area (Å²) in [7, 11) is 0. The summed E-state index contributed by atoms with van der Waals surface area (Å²) in [5.41, 5.74) is 3.13. The zero-order chi connectivity index (χ0) is 17.3. The first-order valence-corrected chi connectivity index (χ1v) is 9.07. The Morgan fingerprint density at radius 3 is 2.88 bits per heavy atom. The average Bonchev–Trinajstić information content (AvgIpc) is 2.87. The Morgan fingerprint density at radius 1 is 1.33 bits per heavy atom. The molecule has 0 aliphatic heterocycles. The van der Waals surface area contributed by atoms with Gasteiger partial charge in [0, 0.05) is 22.7 Å². The van der Waals surface area contributed by atoms with E-state index in [1.807, 2.05) is 13.8 Å². The van der Waals surface area contributed by atoms with Crippen molar-refractivity contribution in [1.82, 2.24) is 20.3 Å². The number of aromatic nitrogens is 3. The third kappa shape index (κ3) is 3.56. The van der Waals surface area contributed by atoms with Gasteiger partial charge in [0.2, 0.25) is 5.91 Å². The molecule has 0 fully saturated rings. The second-order valence-electron chi connectivity index (χ2n) is 6.28. The Balaban J connectivity index is 1.64. The second-order valence-corrected chi connectivity index (χ2v) is 7.57. The second kappa shape index (κ2) is 6.84. The van der Waals surface area contributed by atoms with Gasteiger partial charge in [-0.2, -0.15) is 4.98 Å². The van der Waals surface area contributed by atoms with E-state index in [1.165, 1.54) is 4.88 Å². The predicted molar refractivity (Wildman–Crippen MR) is 93.3 cm³/mol. The molecule has 0 spiro atoms. The van der Waals surface area contributed by atoms with Gasteiger partial charge >= 0.3 is 5.69 Å². The van der Waals surface area contributed by atoms with Crippen molar-refractivity contribution in [2.24, 2.45) is 0 Å². The van der Waals surface area contributed by atoms with Crippen LogP contribution in [0.1, 0.15) is 57.8 Å². The summed E-state index contributed by atoms with van der Waals surface area (Å²) in [5.74, 6) is 0.0171. The van der Waals surface area contributed by atoms with Crippen LogP contribution in [0.3, 0.4) is 0 Å². The third-order valence-electron chi connectivity index (χ3n) is 4.45. The van der Waals surface area contributed by atoms with Crippen LogP contribution in [0.15, 0.2) is 4.79 Å². The molecule has 3 rings (SSSR count). The molecule has 2 aromatic rings. The van der Waals surface area contributed by atoms with Crippen LogP contribution in [0.4, 0.5) is 0 Å². The molecule has 0 radical (unpaired) electrons. The summed E-state index contributed by atoms with van der Waals surface area (Å²) in [5, 5.41) is 4.18. The topological polar surface area (TPSA) is 87.7 Å². The van der Waals surface area contributed by atoms with Crippen molar-refractivity contribution in [2.75, 3.05) is 0 Å². The minimum Gasteiger partial charge on any atom is -0.348 e. The van der Waals surface area contributed by atoms with E-state index in [4.69, 9.17) is 0 Å². The lowest BCUT2D eigenvalue weighted by molar-refractivity contribution is -0.121. The summed E-state index contributed by atoms with van der Waals surface area (Å²) >= 11 is 1.73. The van der Waals surface area contributed by atoms with Crippen LogP contribution in [0.5, 0.6) is 0 Å². The molecule has 2 N–H and O–H groups in total. The van der Waals surface area contributed by atoms with Crippen LogP contribution in [0, 0.1) is 20.8 Å².